The number of benzene rings is 1. The van der Waals surface area contributed by atoms with Gasteiger partial charge in [-0.3, -0.25) is 0 Å². The van der Waals surface area contributed by atoms with Crippen molar-refractivity contribution in [2.45, 2.75) is 20.8 Å². The van der Waals surface area contributed by atoms with Crippen LogP contribution in [0.25, 0.3) is 0 Å². The fraction of sp³-hybridized carbons (Fsp3) is 0.231. The second-order valence-electron chi connectivity index (χ2n) is 4.01. The van der Waals surface area contributed by atoms with Crippen LogP contribution in [0.1, 0.15) is 16.7 Å². The minimum atomic E-state index is 0.373. The monoisotopic (exact) mass is 248 g/mol. The van der Waals surface area contributed by atoms with Crippen LogP contribution >= 0.6 is 11.6 Å². The van der Waals surface area contributed by atoms with Gasteiger partial charge in [-0.1, -0.05) is 29.3 Å². The van der Waals surface area contributed by atoms with E-state index >= 15 is 0 Å². The van der Waals surface area contributed by atoms with Crippen LogP contribution in [-0.2, 0) is 0 Å². The third-order valence-electron chi connectivity index (χ3n) is 2.42. The molecule has 0 atom stereocenters. The first kappa shape index (κ1) is 11.9. The summed E-state index contributed by atoms with van der Waals surface area (Å²) in [5, 5.41) is 0.373. The van der Waals surface area contributed by atoms with E-state index in [4.69, 9.17) is 16.3 Å². The van der Waals surface area contributed by atoms with Gasteiger partial charge < -0.3 is 4.74 Å². The molecule has 4 heteroatoms. The largest absolute Gasteiger partial charge is 0.438 e. The Morgan fingerprint density at radius 2 is 1.65 bits per heavy atom. The highest BCUT2D eigenvalue weighted by molar-refractivity contribution is 6.29. The van der Waals surface area contributed by atoms with Crippen molar-refractivity contribution in [1.29, 1.82) is 0 Å². The minimum Gasteiger partial charge on any atom is -0.438 e. The molecular weight excluding hydrogens is 236 g/mol. The van der Waals surface area contributed by atoms with Crippen molar-refractivity contribution >= 4 is 11.6 Å². The lowest BCUT2D eigenvalue weighted by Crippen LogP contribution is -1.94. The molecule has 0 fully saturated rings. The van der Waals surface area contributed by atoms with E-state index < -0.39 is 0 Å². The van der Waals surface area contributed by atoms with Gasteiger partial charge in [0.25, 0.3) is 0 Å². The SMILES string of the molecule is Cc1cc(C)c(Oc2cc(Cl)ncn2)c(C)c1. The van der Waals surface area contributed by atoms with E-state index in [2.05, 4.69) is 29.0 Å². The summed E-state index contributed by atoms with van der Waals surface area (Å²) in [7, 11) is 0. The molecule has 0 aliphatic carbocycles. The Labute approximate surface area is 105 Å². The van der Waals surface area contributed by atoms with Crippen LogP contribution in [0.5, 0.6) is 11.6 Å². The molecule has 0 aliphatic heterocycles. The maximum atomic E-state index is 5.78. The van der Waals surface area contributed by atoms with Gasteiger partial charge in [0.15, 0.2) is 0 Å². The number of halogens is 1. The number of aryl methyl sites for hydroxylation is 3. The average Bonchev–Trinajstić information content (AvgIpc) is 2.23. The molecule has 2 rings (SSSR count). The topological polar surface area (TPSA) is 35.0 Å². The Balaban J connectivity index is 2.36. The summed E-state index contributed by atoms with van der Waals surface area (Å²) in [4.78, 5) is 7.84. The molecule has 0 aliphatic rings. The average molecular weight is 249 g/mol. The molecule has 0 bridgehead atoms. The van der Waals surface area contributed by atoms with Crippen molar-refractivity contribution in [2.75, 3.05) is 0 Å². The van der Waals surface area contributed by atoms with E-state index in [0.717, 1.165) is 16.9 Å². The lowest BCUT2D eigenvalue weighted by Gasteiger charge is -2.11. The van der Waals surface area contributed by atoms with E-state index in [0.29, 0.717) is 11.0 Å². The van der Waals surface area contributed by atoms with Crippen molar-refractivity contribution in [3.05, 3.63) is 46.4 Å². The third kappa shape index (κ3) is 2.74. The van der Waals surface area contributed by atoms with Gasteiger partial charge in [-0.15, -0.1) is 0 Å². The smallest absolute Gasteiger partial charge is 0.223 e. The molecule has 0 spiro atoms. The normalized spacial score (nSPS) is 10.4. The van der Waals surface area contributed by atoms with Crippen LogP contribution in [0.4, 0.5) is 0 Å². The van der Waals surface area contributed by atoms with E-state index in [9.17, 15) is 0 Å². The van der Waals surface area contributed by atoms with E-state index in [-0.39, 0.29) is 0 Å². The number of ether oxygens (including phenoxy) is 1. The van der Waals surface area contributed by atoms with Gasteiger partial charge in [0.05, 0.1) is 0 Å². The Kier molecular flexibility index (Phi) is 3.29. The van der Waals surface area contributed by atoms with Crippen molar-refractivity contribution in [3.63, 3.8) is 0 Å². The summed E-state index contributed by atoms with van der Waals surface area (Å²) >= 11 is 5.78. The summed E-state index contributed by atoms with van der Waals surface area (Å²) in [5.74, 6) is 1.28. The quantitative estimate of drug-likeness (QED) is 0.758. The fourth-order valence-electron chi connectivity index (χ4n) is 1.81. The van der Waals surface area contributed by atoms with Crippen molar-refractivity contribution in [1.82, 2.24) is 9.97 Å². The zero-order chi connectivity index (χ0) is 12.4. The molecule has 1 aromatic carbocycles. The first-order chi connectivity index (χ1) is 8.06. The van der Waals surface area contributed by atoms with Crippen molar-refractivity contribution in [3.8, 4) is 11.6 Å². The molecule has 0 radical (unpaired) electrons. The van der Waals surface area contributed by atoms with Crippen molar-refractivity contribution < 1.29 is 4.74 Å². The molecule has 0 amide bonds. The highest BCUT2D eigenvalue weighted by Crippen LogP contribution is 2.29. The van der Waals surface area contributed by atoms with Crippen molar-refractivity contribution in [2.24, 2.45) is 0 Å². The van der Waals surface area contributed by atoms with Crippen LogP contribution in [0, 0.1) is 20.8 Å². The number of rotatable bonds is 2. The molecule has 0 N–H and O–H groups in total. The van der Waals surface area contributed by atoms with Gasteiger partial charge in [-0.25, -0.2) is 9.97 Å². The second kappa shape index (κ2) is 4.72. The standard InChI is InChI=1S/C13H13ClN2O/c1-8-4-9(2)13(10(3)5-8)17-12-6-11(14)15-7-16-12/h4-7H,1-3H3. The third-order valence-corrected chi connectivity index (χ3v) is 2.63. The molecule has 88 valence electrons. The van der Waals surface area contributed by atoms with Gasteiger partial charge in [0, 0.05) is 6.07 Å². The lowest BCUT2D eigenvalue weighted by atomic mass is 10.1. The highest BCUT2D eigenvalue weighted by atomic mass is 35.5. The Bertz CT molecular complexity index is 532. The van der Waals surface area contributed by atoms with Crippen LogP contribution in [0.3, 0.4) is 0 Å². The summed E-state index contributed by atoms with van der Waals surface area (Å²) in [6.45, 7) is 6.08. The zero-order valence-electron chi connectivity index (χ0n) is 9.99. The number of nitrogens with zero attached hydrogens (tertiary/aromatic N) is 2. The van der Waals surface area contributed by atoms with Crippen LogP contribution in [0.2, 0.25) is 5.15 Å². The number of aromatic nitrogens is 2. The number of hydrogen-bond acceptors (Lipinski definition) is 3. The molecular formula is C13H13ClN2O. The summed E-state index contributed by atoms with van der Waals surface area (Å²) in [5.41, 5.74) is 3.38. The zero-order valence-corrected chi connectivity index (χ0v) is 10.7. The first-order valence-corrected chi connectivity index (χ1v) is 5.67. The summed E-state index contributed by atoms with van der Waals surface area (Å²) < 4.78 is 5.74. The van der Waals surface area contributed by atoms with E-state index in [1.165, 1.54) is 11.9 Å². The van der Waals surface area contributed by atoms with Gasteiger partial charge in [0.1, 0.15) is 17.2 Å². The molecule has 0 saturated carbocycles. The highest BCUT2D eigenvalue weighted by Gasteiger charge is 2.07. The molecule has 17 heavy (non-hydrogen) atoms. The predicted octanol–water partition coefficient (Wildman–Crippen LogP) is 3.85. The van der Waals surface area contributed by atoms with Gasteiger partial charge in [0.2, 0.25) is 5.88 Å². The minimum absolute atomic E-state index is 0.373. The molecule has 3 nitrogen and oxygen atoms in total. The van der Waals surface area contributed by atoms with Gasteiger partial charge in [-0.05, 0) is 31.9 Å². The predicted molar refractivity (Wildman–Crippen MR) is 67.8 cm³/mol. The summed E-state index contributed by atoms with van der Waals surface area (Å²) in [6.07, 6.45) is 1.39. The molecule has 1 heterocycles. The van der Waals surface area contributed by atoms with Crippen LogP contribution in [-0.4, -0.2) is 9.97 Å². The fourth-order valence-corrected chi connectivity index (χ4v) is 1.94. The maximum absolute atomic E-state index is 5.78. The van der Waals surface area contributed by atoms with Gasteiger partial charge in [-0.2, -0.15) is 0 Å². The lowest BCUT2D eigenvalue weighted by molar-refractivity contribution is 0.454. The van der Waals surface area contributed by atoms with Gasteiger partial charge >= 0.3 is 0 Å². The Morgan fingerprint density at radius 3 is 2.24 bits per heavy atom. The summed E-state index contributed by atoms with van der Waals surface area (Å²) in [6, 6.07) is 5.75. The Morgan fingerprint density at radius 1 is 1.00 bits per heavy atom. The first-order valence-electron chi connectivity index (χ1n) is 5.29. The van der Waals surface area contributed by atoms with Crippen LogP contribution < -0.4 is 4.74 Å². The molecule has 2 aromatic rings. The molecule has 0 unspecified atom stereocenters. The molecule has 1 aromatic heterocycles. The van der Waals surface area contributed by atoms with Crippen LogP contribution in [0.15, 0.2) is 24.5 Å². The van der Waals surface area contributed by atoms with E-state index in [1.807, 2.05) is 13.8 Å². The molecule has 0 saturated heterocycles. The number of hydrogen-bond donors (Lipinski definition) is 0. The van der Waals surface area contributed by atoms with E-state index in [1.54, 1.807) is 6.07 Å². The Hall–Kier alpha value is -1.61. The maximum Gasteiger partial charge on any atom is 0.223 e. The second-order valence-corrected chi connectivity index (χ2v) is 4.40.